The third-order valence-corrected chi connectivity index (χ3v) is 1.63. The number of nitrogens with zero attached hydrogens (tertiary/aromatic N) is 1. The van der Waals surface area contributed by atoms with Crippen LogP contribution in [0.15, 0.2) is 40.8 Å². The third kappa shape index (κ3) is 4.35. The van der Waals surface area contributed by atoms with E-state index in [0.29, 0.717) is 0 Å². The lowest BCUT2D eigenvalue weighted by atomic mass is 10.2. The molecule has 1 aromatic rings. The van der Waals surface area contributed by atoms with Crippen LogP contribution in [0, 0.1) is 0 Å². The van der Waals surface area contributed by atoms with Crippen molar-refractivity contribution in [3.63, 3.8) is 0 Å². The van der Waals surface area contributed by atoms with E-state index in [1.54, 1.807) is 12.2 Å². The third-order valence-electron chi connectivity index (χ3n) is 1.33. The van der Waals surface area contributed by atoms with E-state index in [1.807, 2.05) is 30.3 Å². The summed E-state index contributed by atoms with van der Waals surface area (Å²) in [7, 11) is 0. The van der Waals surface area contributed by atoms with Gasteiger partial charge >= 0.3 is 0 Å². The minimum Gasteiger partial charge on any atom is -0.288 e. The standard InChI is InChI=1S/C9H9NO2S/c11-13(12)10-8-4-7-9-5-2-1-3-6-9/h1-8H,(H,11,12)/b7-4+,10-8?. The van der Waals surface area contributed by atoms with Crippen molar-refractivity contribution in [3.8, 4) is 0 Å². The first-order valence-corrected chi connectivity index (χ1v) is 4.72. The van der Waals surface area contributed by atoms with E-state index in [1.165, 1.54) is 6.21 Å². The molecule has 0 radical (unpaired) electrons. The fourth-order valence-corrected chi connectivity index (χ4v) is 0.980. The molecule has 0 saturated carbocycles. The van der Waals surface area contributed by atoms with Crippen molar-refractivity contribution in [1.29, 1.82) is 0 Å². The van der Waals surface area contributed by atoms with Gasteiger partial charge in [0.1, 0.15) is 0 Å². The molecule has 1 aromatic carbocycles. The van der Waals surface area contributed by atoms with Gasteiger partial charge in [0, 0.05) is 6.21 Å². The second kappa shape index (κ2) is 5.40. The zero-order valence-corrected chi connectivity index (χ0v) is 7.65. The van der Waals surface area contributed by atoms with Crippen molar-refractivity contribution in [3.05, 3.63) is 42.0 Å². The van der Waals surface area contributed by atoms with Crippen LogP contribution < -0.4 is 0 Å². The molecular formula is C9H9NO2S. The second-order valence-corrected chi connectivity index (χ2v) is 2.93. The van der Waals surface area contributed by atoms with Crippen molar-refractivity contribution in [1.82, 2.24) is 0 Å². The van der Waals surface area contributed by atoms with Crippen molar-refractivity contribution in [2.24, 2.45) is 4.40 Å². The Bertz CT molecular complexity index is 333. The summed E-state index contributed by atoms with van der Waals surface area (Å²) in [4.78, 5) is 0. The predicted octanol–water partition coefficient (Wildman–Crippen LogP) is 1.91. The van der Waals surface area contributed by atoms with Crippen molar-refractivity contribution in [2.45, 2.75) is 0 Å². The molecule has 0 aromatic heterocycles. The minimum absolute atomic E-state index is 1.03. The zero-order valence-electron chi connectivity index (χ0n) is 6.83. The summed E-state index contributed by atoms with van der Waals surface area (Å²) in [5, 5.41) is 0. The Labute approximate surface area is 79.2 Å². The molecule has 0 saturated heterocycles. The van der Waals surface area contributed by atoms with Crippen LogP contribution >= 0.6 is 0 Å². The Kier molecular flexibility index (Phi) is 4.08. The Hall–Kier alpha value is -1.26. The highest BCUT2D eigenvalue weighted by Gasteiger charge is 1.81. The summed E-state index contributed by atoms with van der Waals surface area (Å²) in [6.45, 7) is 0. The van der Waals surface area contributed by atoms with E-state index in [2.05, 4.69) is 4.40 Å². The van der Waals surface area contributed by atoms with Crippen molar-refractivity contribution >= 4 is 23.6 Å². The van der Waals surface area contributed by atoms with E-state index in [4.69, 9.17) is 4.55 Å². The summed E-state index contributed by atoms with van der Waals surface area (Å²) in [6.07, 6.45) is 4.71. The largest absolute Gasteiger partial charge is 0.288 e. The number of benzene rings is 1. The second-order valence-electron chi connectivity index (χ2n) is 2.26. The van der Waals surface area contributed by atoms with E-state index in [0.717, 1.165) is 5.56 Å². The topological polar surface area (TPSA) is 49.7 Å². The lowest BCUT2D eigenvalue weighted by Gasteiger charge is -1.87. The molecule has 1 atom stereocenters. The lowest BCUT2D eigenvalue weighted by Crippen LogP contribution is -1.77. The number of allylic oxidation sites excluding steroid dienone is 1. The molecule has 3 nitrogen and oxygen atoms in total. The van der Waals surface area contributed by atoms with Crippen LogP contribution in [0.3, 0.4) is 0 Å². The number of rotatable bonds is 3. The normalized spacial score (nSPS) is 13.9. The van der Waals surface area contributed by atoms with Crippen LogP contribution in [-0.4, -0.2) is 15.0 Å². The fourth-order valence-electron chi connectivity index (χ4n) is 0.805. The van der Waals surface area contributed by atoms with Gasteiger partial charge < -0.3 is 0 Å². The molecule has 0 heterocycles. The first kappa shape index (κ1) is 9.83. The highest BCUT2D eigenvalue weighted by molar-refractivity contribution is 7.77. The van der Waals surface area contributed by atoms with Crippen LogP contribution in [0.2, 0.25) is 0 Å². The molecule has 0 aliphatic heterocycles. The molecule has 1 rings (SSSR count). The minimum atomic E-state index is -2.11. The van der Waals surface area contributed by atoms with Gasteiger partial charge in [0.25, 0.3) is 11.3 Å². The van der Waals surface area contributed by atoms with Gasteiger partial charge in [-0.05, 0) is 11.6 Å². The Morgan fingerprint density at radius 2 is 2.00 bits per heavy atom. The van der Waals surface area contributed by atoms with E-state index in [9.17, 15) is 4.21 Å². The highest BCUT2D eigenvalue weighted by atomic mass is 32.2. The van der Waals surface area contributed by atoms with Gasteiger partial charge in [-0.1, -0.05) is 36.4 Å². The first-order chi connectivity index (χ1) is 6.29. The summed E-state index contributed by atoms with van der Waals surface area (Å²) in [5.74, 6) is 0. The van der Waals surface area contributed by atoms with Gasteiger partial charge in [0.2, 0.25) is 0 Å². The molecule has 0 amide bonds. The molecule has 0 aliphatic rings. The first-order valence-electron chi connectivity index (χ1n) is 3.66. The average Bonchev–Trinajstić information content (AvgIpc) is 2.14. The smallest absolute Gasteiger partial charge is 0.281 e. The van der Waals surface area contributed by atoms with E-state index < -0.39 is 11.3 Å². The molecule has 68 valence electrons. The Morgan fingerprint density at radius 1 is 1.31 bits per heavy atom. The number of hydrogen-bond acceptors (Lipinski definition) is 1. The quantitative estimate of drug-likeness (QED) is 0.591. The highest BCUT2D eigenvalue weighted by Crippen LogP contribution is 1.99. The molecule has 0 aliphatic carbocycles. The van der Waals surface area contributed by atoms with Gasteiger partial charge in [0.15, 0.2) is 0 Å². The lowest BCUT2D eigenvalue weighted by molar-refractivity contribution is 0.566. The van der Waals surface area contributed by atoms with Crippen LogP contribution in [0.4, 0.5) is 0 Å². The van der Waals surface area contributed by atoms with E-state index in [-0.39, 0.29) is 0 Å². The molecule has 4 heteroatoms. The van der Waals surface area contributed by atoms with Crippen LogP contribution in [0.1, 0.15) is 5.56 Å². The van der Waals surface area contributed by atoms with Gasteiger partial charge in [-0.2, -0.15) is 4.40 Å². The maximum Gasteiger partial charge on any atom is 0.281 e. The molecule has 1 unspecified atom stereocenters. The van der Waals surface area contributed by atoms with Crippen LogP contribution in [0.5, 0.6) is 0 Å². The summed E-state index contributed by atoms with van der Waals surface area (Å²) in [6, 6.07) is 9.62. The Morgan fingerprint density at radius 3 is 2.62 bits per heavy atom. The number of hydrogen-bond donors (Lipinski definition) is 1. The van der Waals surface area contributed by atoms with Gasteiger partial charge in [0.05, 0.1) is 0 Å². The molecule has 13 heavy (non-hydrogen) atoms. The van der Waals surface area contributed by atoms with E-state index >= 15 is 0 Å². The average molecular weight is 195 g/mol. The summed E-state index contributed by atoms with van der Waals surface area (Å²) in [5.41, 5.74) is 1.03. The zero-order chi connectivity index (χ0) is 9.52. The van der Waals surface area contributed by atoms with Crippen molar-refractivity contribution < 1.29 is 8.76 Å². The maximum absolute atomic E-state index is 10.1. The molecule has 0 spiro atoms. The summed E-state index contributed by atoms with van der Waals surface area (Å²) < 4.78 is 21.6. The SMILES string of the molecule is O=S(O)N=C/C=C/c1ccccc1. The fraction of sp³-hybridized carbons (Fsp3) is 0. The molecule has 0 fully saturated rings. The molecular weight excluding hydrogens is 186 g/mol. The monoisotopic (exact) mass is 195 g/mol. The molecule has 1 N–H and O–H groups in total. The molecule has 0 bridgehead atoms. The van der Waals surface area contributed by atoms with Crippen LogP contribution in [-0.2, 0) is 11.3 Å². The maximum atomic E-state index is 10.1. The van der Waals surface area contributed by atoms with Gasteiger partial charge in [-0.15, -0.1) is 0 Å². The van der Waals surface area contributed by atoms with Gasteiger partial charge in [-0.3, -0.25) is 4.55 Å². The Balaban J connectivity index is 2.55. The van der Waals surface area contributed by atoms with Gasteiger partial charge in [-0.25, -0.2) is 4.21 Å². The summed E-state index contributed by atoms with van der Waals surface area (Å²) >= 11 is -2.11. The van der Waals surface area contributed by atoms with Crippen LogP contribution in [0.25, 0.3) is 6.08 Å². The van der Waals surface area contributed by atoms with Crippen molar-refractivity contribution in [2.75, 3.05) is 0 Å². The predicted molar refractivity (Wildman–Crippen MR) is 54.7 cm³/mol.